The standard InChI is InChI=1S/C22H31N3O2.CH2O2/c1-23-11-7-10-19(15-23)20(26)25-16-22(17-25,14-18-8-3-2-4-9-18)21(27)24-12-5-6-13-24;2-1-3/h2-4,8-9,19H,5-7,10-17H2,1H3;1H,(H,2,3). The van der Waals surface area contributed by atoms with Crippen LogP contribution in [0.25, 0.3) is 0 Å². The molecule has 7 heteroatoms. The topological polar surface area (TPSA) is 81.2 Å². The van der Waals surface area contributed by atoms with Gasteiger partial charge in [-0.2, -0.15) is 0 Å². The van der Waals surface area contributed by atoms with Gasteiger partial charge in [0.15, 0.2) is 0 Å². The number of rotatable bonds is 4. The average Bonchev–Trinajstić information content (AvgIpc) is 3.25. The number of carbonyl (C=O) groups is 3. The molecule has 164 valence electrons. The highest BCUT2D eigenvalue weighted by atomic mass is 16.3. The fourth-order valence-electron chi connectivity index (χ4n) is 5.03. The third kappa shape index (κ3) is 5.01. The molecule has 0 aliphatic carbocycles. The molecular formula is C23H33N3O4. The SMILES string of the molecule is CN1CCCC(C(=O)N2CC(Cc3ccccc3)(C(=O)N3CCCC3)C2)C1.O=CO. The van der Waals surface area contributed by atoms with Gasteiger partial charge in [0.25, 0.3) is 6.47 Å². The van der Waals surface area contributed by atoms with Crippen molar-refractivity contribution in [3.05, 3.63) is 35.9 Å². The molecule has 1 unspecified atom stereocenters. The van der Waals surface area contributed by atoms with Gasteiger partial charge in [0, 0.05) is 32.7 Å². The van der Waals surface area contributed by atoms with Crippen LogP contribution < -0.4 is 0 Å². The van der Waals surface area contributed by atoms with Crippen molar-refractivity contribution in [3.63, 3.8) is 0 Å². The zero-order valence-corrected chi connectivity index (χ0v) is 17.8. The average molecular weight is 416 g/mol. The van der Waals surface area contributed by atoms with Crippen molar-refractivity contribution < 1.29 is 19.5 Å². The van der Waals surface area contributed by atoms with Gasteiger partial charge in [-0.1, -0.05) is 30.3 Å². The van der Waals surface area contributed by atoms with Crippen molar-refractivity contribution in [1.82, 2.24) is 14.7 Å². The summed E-state index contributed by atoms with van der Waals surface area (Å²) in [5.41, 5.74) is 0.761. The Bertz CT molecular complexity index is 727. The van der Waals surface area contributed by atoms with Crippen molar-refractivity contribution in [2.75, 3.05) is 46.3 Å². The number of carboxylic acid groups (broad SMARTS) is 1. The van der Waals surface area contributed by atoms with Crippen LogP contribution in [0.5, 0.6) is 0 Å². The lowest BCUT2D eigenvalue weighted by Gasteiger charge is -2.51. The van der Waals surface area contributed by atoms with Gasteiger partial charge in [-0.05, 0) is 51.3 Å². The minimum atomic E-state index is -0.429. The molecule has 1 N–H and O–H groups in total. The van der Waals surface area contributed by atoms with E-state index < -0.39 is 5.41 Å². The Morgan fingerprint density at radius 2 is 1.70 bits per heavy atom. The Hall–Kier alpha value is -2.41. The normalized spacial score (nSPS) is 23.2. The summed E-state index contributed by atoms with van der Waals surface area (Å²) in [7, 11) is 2.09. The Labute approximate surface area is 178 Å². The monoisotopic (exact) mass is 415 g/mol. The molecular weight excluding hydrogens is 382 g/mol. The molecule has 3 fully saturated rings. The van der Waals surface area contributed by atoms with E-state index in [1.165, 1.54) is 5.56 Å². The molecule has 0 radical (unpaired) electrons. The van der Waals surface area contributed by atoms with Crippen LogP contribution in [0, 0.1) is 11.3 Å². The molecule has 4 rings (SSSR count). The van der Waals surface area contributed by atoms with Gasteiger partial charge in [0.05, 0.1) is 11.3 Å². The molecule has 1 aromatic carbocycles. The van der Waals surface area contributed by atoms with Crippen LogP contribution in [0.15, 0.2) is 30.3 Å². The number of amides is 2. The minimum Gasteiger partial charge on any atom is -0.483 e. The van der Waals surface area contributed by atoms with E-state index >= 15 is 0 Å². The molecule has 3 heterocycles. The lowest BCUT2D eigenvalue weighted by Crippen LogP contribution is -2.67. The van der Waals surface area contributed by atoms with E-state index in [-0.39, 0.29) is 24.2 Å². The summed E-state index contributed by atoms with van der Waals surface area (Å²) in [4.78, 5) is 40.9. The number of benzene rings is 1. The van der Waals surface area contributed by atoms with Gasteiger partial charge in [-0.25, -0.2) is 0 Å². The summed E-state index contributed by atoms with van der Waals surface area (Å²) in [6.07, 6.45) is 5.00. The highest BCUT2D eigenvalue weighted by Gasteiger charge is 2.53. The summed E-state index contributed by atoms with van der Waals surface area (Å²) >= 11 is 0. The predicted molar refractivity (Wildman–Crippen MR) is 114 cm³/mol. The predicted octanol–water partition coefficient (Wildman–Crippen LogP) is 1.72. The second-order valence-electron chi connectivity index (χ2n) is 8.84. The molecule has 0 aromatic heterocycles. The molecule has 30 heavy (non-hydrogen) atoms. The van der Waals surface area contributed by atoms with Gasteiger partial charge >= 0.3 is 0 Å². The Balaban J connectivity index is 0.000000806. The Morgan fingerprint density at radius 1 is 1.07 bits per heavy atom. The van der Waals surface area contributed by atoms with E-state index in [9.17, 15) is 9.59 Å². The molecule has 2 amide bonds. The molecule has 0 saturated carbocycles. The quantitative estimate of drug-likeness (QED) is 0.758. The first-order valence-electron chi connectivity index (χ1n) is 10.9. The lowest BCUT2D eigenvalue weighted by atomic mass is 9.72. The second-order valence-corrected chi connectivity index (χ2v) is 8.84. The minimum absolute atomic E-state index is 0.0976. The smallest absolute Gasteiger partial charge is 0.290 e. The molecule has 3 aliphatic heterocycles. The summed E-state index contributed by atoms with van der Waals surface area (Å²) in [5, 5.41) is 6.89. The summed E-state index contributed by atoms with van der Waals surface area (Å²) in [5.74, 6) is 0.605. The van der Waals surface area contributed by atoms with Gasteiger partial charge in [0.2, 0.25) is 11.8 Å². The number of carbonyl (C=O) groups excluding carboxylic acids is 2. The number of hydrogen-bond acceptors (Lipinski definition) is 4. The molecule has 0 bridgehead atoms. The summed E-state index contributed by atoms with van der Waals surface area (Å²) in [6.45, 7) is 4.58. The van der Waals surface area contributed by atoms with E-state index in [2.05, 4.69) is 24.1 Å². The van der Waals surface area contributed by atoms with Crippen LogP contribution in [-0.2, 0) is 20.8 Å². The van der Waals surface area contributed by atoms with Gasteiger partial charge in [0.1, 0.15) is 0 Å². The maximum Gasteiger partial charge on any atom is 0.290 e. The van der Waals surface area contributed by atoms with Crippen LogP contribution in [0.3, 0.4) is 0 Å². The van der Waals surface area contributed by atoms with Crippen molar-refractivity contribution in [2.24, 2.45) is 11.3 Å². The number of nitrogens with zero attached hydrogens (tertiary/aromatic N) is 3. The zero-order valence-electron chi connectivity index (χ0n) is 17.8. The fourth-order valence-corrected chi connectivity index (χ4v) is 5.03. The number of likely N-dealkylation sites (tertiary alicyclic amines) is 3. The molecule has 3 saturated heterocycles. The maximum atomic E-state index is 13.3. The van der Waals surface area contributed by atoms with Crippen molar-refractivity contribution >= 4 is 18.3 Å². The Kier molecular flexibility index (Phi) is 7.48. The van der Waals surface area contributed by atoms with E-state index in [0.717, 1.165) is 58.3 Å². The Morgan fingerprint density at radius 3 is 2.30 bits per heavy atom. The van der Waals surface area contributed by atoms with E-state index in [1.54, 1.807) is 0 Å². The molecule has 3 aliphatic rings. The van der Waals surface area contributed by atoms with Crippen LogP contribution in [-0.4, -0.2) is 84.4 Å². The fraction of sp³-hybridized carbons (Fsp3) is 0.609. The van der Waals surface area contributed by atoms with Crippen LogP contribution >= 0.6 is 0 Å². The third-order valence-corrected chi connectivity index (χ3v) is 6.50. The summed E-state index contributed by atoms with van der Waals surface area (Å²) < 4.78 is 0. The maximum absolute atomic E-state index is 13.3. The highest BCUT2D eigenvalue weighted by molar-refractivity contribution is 5.89. The summed E-state index contributed by atoms with van der Waals surface area (Å²) in [6, 6.07) is 10.3. The van der Waals surface area contributed by atoms with Gasteiger partial charge in [-0.3, -0.25) is 14.4 Å². The number of hydrogen-bond donors (Lipinski definition) is 1. The van der Waals surface area contributed by atoms with Crippen molar-refractivity contribution in [3.8, 4) is 0 Å². The molecule has 7 nitrogen and oxygen atoms in total. The highest BCUT2D eigenvalue weighted by Crippen LogP contribution is 2.38. The van der Waals surface area contributed by atoms with Crippen LogP contribution in [0.4, 0.5) is 0 Å². The third-order valence-electron chi connectivity index (χ3n) is 6.50. The largest absolute Gasteiger partial charge is 0.483 e. The first-order valence-corrected chi connectivity index (χ1v) is 10.9. The lowest BCUT2D eigenvalue weighted by molar-refractivity contribution is -0.163. The molecule has 1 aromatic rings. The van der Waals surface area contributed by atoms with Crippen molar-refractivity contribution in [1.29, 1.82) is 0 Å². The zero-order chi connectivity index (χ0) is 21.6. The van der Waals surface area contributed by atoms with Gasteiger partial charge < -0.3 is 19.8 Å². The van der Waals surface area contributed by atoms with Crippen molar-refractivity contribution in [2.45, 2.75) is 32.1 Å². The van der Waals surface area contributed by atoms with Gasteiger partial charge in [-0.15, -0.1) is 0 Å². The molecule has 0 spiro atoms. The van der Waals surface area contributed by atoms with E-state index in [1.807, 2.05) is 28.0 Å². The van der Waals surface area contributed by atoms with Crippen LogP contribution in [0.1, 0.15) is 31.2 Å². The second kappa shape index (κ2) is 10.1. The van der Waals surface area contributed by atoms with E-state index in [0.29, 0.717) is 13.1 Å². The van der Waals surface area contributed by atoms with Crippen LogP contribution in [0.2, 0.25) is 0 Å². The number of piperidine rings is 1. The molecule has 1 atom stereocenters. The first kappa shape index (κ1) is 22.3. The van der Waals surface area contributed by atoms with E-state index in [4.69, 9.17) is 9.90 Å². The first-order chi connectivity index (χ1) is 14.5.